The van der Waals surface area contributed by atoms with Gasteiger partial charge in [0.2, 0.25) is 5.82 Å². The Morgan fingerprint density at radius 3 is 2.80 bits per heavy atom. The van der Waals surface area contributed by atoms with Gasteiger partial charge in [-0.1, -0.05) is 12.1 Å². The van der Waals surface area contributed by atoms with E-state index in [4.69, 9.17) is 0 Å². The molecule has 1 unspecified atom stereocenters. The molecule has 1 N–H and O–H groups in total. The van der Waals surface area contributed by atoms with Crippen LogP contribution < -0.4 is 0 Å². The molecule has 0 aliphatic carbocycles. The maximum absolute atomic E-state index is 9.26. The summed E-state index contributed by atoms with van der Waals surface area (Å²) in [5.41, 5.74) is 1.97. The number of aliphatic hydroxyl groups is 1. The van der Waals surface area contributed by atoms with E-state index in [0.29, 0.717) is 5.82 Å². The smallest absolute Gasteiger partial charge is 0.203 e. The molecule has 1 heterocycles. The Balaban J connectivity index is 2.37. The summed E-state index contributed by atoms with van der Waals surface area (Å²) in [5.74, 6) is 0.330. The van der Waals surface area contributed by atoms with Crippen LogP contribution in [0.25, 0.3) is 5.69 Å². The van der Waals surface area contributed by atoms with Crippen molar-refractivity contribution in [2.75, 3.05) is 0 Å². The predicted octanol–water partition coefficient (Wildman–Crippen LogP) is 1.02. The lowest BCUT2D eigenvalue weighted by atomic mass is 10.2. The minimum atomic E-state index is -0.691. The zero-order valence-corrected chi connectivity index (χ0v) is 8.62. The zero-order valence-electron chi connectivity index (χ0n) is 8.62. The van der Waals surface area contributed by atoms with E-state index in [1.165, 1.54) is 4.80 Å². The predicted molar refractivity (Wildman–Crippen MR) is 54.5 cm³/mol. The van der Waals surface area contributed by atoms with Gasteiger partial charge in [0, 0.05) is 0 Å². The van der Waals surface area contributed by atoms with Crippen LogP contribution in [0.4, 0.5) is 0 Å². The minimum Gasteiger partial charge on any atom is -0.385 e. The third-order valence-corrected chi connectivity index (χ3v) is 2.04. The Labute approximate surface area is 87.4 Å². The molecule has 0 saturated carbocycles. The van der Waals surface area contributed by atoms with Crippen molar-refractivity contribution < 1.29 is 5.11 Å². The molecular weight excluding hydrogens is 192 g/mol. The monoisotopic (exact) mass is 204 g/mol. The minimum absolute atomic E-state index is 0.330. The SMILES string of the molecule is Cc1cccc(-n2nnc(C(C)O)n2)c1. The van der Waals surface area contributed by atoms with Crippen molar-refractivity contribution in [1.29, 1.82) is 0 Å². The molecule has 0 saturated heterocycles. The molecule has 15 heavy (non-hydrogen) atoms. The van der Waals surface area contributed by atoms with Crippen LogP contribution in [-0.4, -0.2) is 25.3 Å². The molecule has 0 aliphatic heterocycles. The van der Waals surface area contributed by atoms with E-state index < -0.39 is 6.10 Å². The van der Waals surface area contributed by atoms with Crippen molar-refractivity contribution in [3.8, 4) is 5.69 Å². The number of hydrogen-bond acceptors (Lipinski definition) is 4. The fourth-order valence-corrected chi connectivity index (χ4v) is 1.25. The second-order valence-electron chi connectivity index (χ2n) is 3.45. The summed E-state index contributed by atoms with van der Waals surface area (Å²) in [7, 11) is 0. The van der Waals surface area contributed by atoms with E-state index in [0.717, 1.165) is 11.3 Å². The molecule has 5 heteroatoms. The Kier molecular flexibility index (Phi) is 2.47. The van der Waals surface area contributed by atoms with Gasteiger partial charge in [0.1, 0.15) is 6.10 Å². The van der Waals surface area contributed by atoms with E-state index in [1.807, 2.05) is 31.2 Å². The normalized spacial score (nSPS) is 12.7. The molecule has 0 aliphatic rings. The van der Waals surface area contributed by atoms with Gasteiger partial charge in [0.05, 0.1) is 5.69 Å². The van der Waals surface area contributed by atoms with E-state index in [-0.39, 0.29) is 0 Å². The second kappa shape index (κ2) is 3.78. The van der Waals surface area contributed by atoms with Crippen LogP contribution >= 0.6 is 0 Å². The third-order valence-electron chi connectivity index (χ3n) is 2.04. The molecule has 1 aromatic heterocycles. The van der Waals surface area contributed by atoms with Gasteiger partial charge in [-0.05, 0) is 36.8 Å². The highest BCUT2D eigenvalue weighted by Crippen LogP contribution is 2.09. The number of tetrazole rings is 1. The second-order valence-corrected chi connectivity index (χ2v) is 3.45. The molecule has 5 nitrogen and oxygen atoms in total. The number of hydrogen-bond donors (Lipinski definition) is 1. The van der Waals surface area contributed by atoms with Crippen LogP contribution in [0.1, 0.15) is 24.4 Å². The number of rotatable bonds is 2. The molecule has 0 amide bonds. The van der Waals surface area contributed by atoms with Gasteiger partial charge in [-0.3, -0.25) is 0 Å². The molecule has 1 atom stereocenters. The van der Waals surface area contributed by atoms with Crippen molar-refractivity contribution in [1.82, 2.24) is 20.2 Å². The van der Waals surface area contributed by atoms with Crippen LogP contribution in [0.3, 0.4) is 0 Å². The molecule has 2 aromatic rings. The average molecular weight is 204 g/mol. The van der Waals surface area contributed by atoms with Gasteiger partial charge in [-0.25, -0.2) is 0 Å². The highest BCUT2D eigenvalue weighted by molar-refractivity contribution is 5.32. The van der Waals surface area contributed by atoms with Gasteiger partial charge in [-0.15, -0.1) is 15.0 Å². The first kappa shape index (κ1) is 9.79. The van der Waals surface area contributed by atoms with Gasteiger partial charge in [0.25, 0.3) is 0 Å². The number of nitrogens with zero attached hydrogens (tertiary/aromatic N) is 4. The first-order valence-electron chi connectivity index (χ1n) is 4.72. The summed E-state index contributed by atoms with van der Waals surface area (Å²) < 4.78 is 0. The standard InChI is InChI=1S/C10H12N4O/c1-7-4-3-5-9(6-7)14-12-10(8(2)15)11-13-14/h3-6,8,15H,1-2H3. The van der Waals surface area contributed by atoms with E-state index in [9.17, 15) is 5.11 Å². The van der Waals surface area contributed by atoms with Crippen LogP contribution in [0.5, 0.6) is 0 Å². The quantitative estimate of drug-likeness (QED) is 0.793. The maximum atomic E-state index is 9.26. The van der Waals surface area contributed by atoms with E-state index in [2.05, 4.69) is 15.4 Å². The van der Waals surface area contributed by atoms with Gasteiger partial charge in [0.15, 0.2) is 0 Å². The van der Waals surface area contributed by atoms with Gasteiger partial charge in [-0.2, -0.15) is 0 Å². The Bertz CT molecular complexity index is 464. The third kappa shape index (κ3) is 2.02. The molecule has 0 spiro atoms. The van der Waals surface area contributed by atoms with E-state index >= 15 is 0 Å². The lowest BCUT2D eigenvalue weighted by Crippen LogP contribution is -2.00. The largest absolute Gasteiger partial charge is 0.385 e. The number of aryl methyl sites for hydroxylation is 1. The van der Waals surface area contributed by atoms with Gasteiger partial charge >= 0.3 is 0 Å². The fourth-order valence-electron chi connectivity index (χ4n) is 1.25. The lowest BCUT2D eigenvalue weighted by molar-refractivity contribution is 0.188. The van der Waals surface area contributed by atoms with Crippen LogP contribution in [-0.2, 0) is 0 Å². The summed E-state index contributed by atoms with van der Waals surface area (Å²) in [6.07, 6.45) is -0.691. The van der Waals surface area contributed by atoms with Crippen molar-refractivity contribution in [2.24, 2.45) is 0 Å². The molecular formula is C10H12N4O. The first-order chi connectivity index (χ1) is 7.16. The summed E-state index contributed by atoms with van der Waals surface area (Å²) in [5, 5.41) is 20.9. The Hall–Kier alpha value is -1.75. The maximum Gasteiger partial charge on any atom is 0.203 e. The highest BCUT2D eigenvalue weighted by Gasteiger charge is 2.09. The Morgan fingerprint density at radius 1 is 1.40 bits per heavy atom. The van der Waals surface area contributed by atoms with Gasteiger partial charge < -0.3 is 5.11 Å². The lowest BCUT2D eigenvalue weighted by Gasteiger charge is -1.99. The van der Waals surface area contributed by atoms with E-state index in [1.54, 1.807) is 6.92 Å². The summed E-state index contributed by atoms with van der Waals surface area (Å²) in [6, 6.07) is 7.76. The summed E-state index contributed by atoms with van der Waals surface area (Å²) in [4.78, 5) is 1.41. The van der Waals surface area contributed by atoms with Crippen molar-refractivity contribution in [3.63, 3.8) is 0 Å². The number of aliphatic hydroxyl groups excluding tert-OH is 1. The van der Waals surface area contributed by atoms with Crippen molar-refractivity contribution in [3.05, 3.63) is 35.7 Å². The topological polar surface area (TPSA) is 63.8 Å². The highest BCUT2D eigenvalue weighted by atomic mass is 16.3. The molecule has 0 radical (unpaired) electrons. The zero-order chi connectivity index (χ0) is 10.8. The fraction of sp³-hybridized carbons (Fsp3) is 0.300. The van der Waals surface area contributed by atoms with Crippen molar-refractivity contribution >= 4 is 0 Å². The molecule has 2 rings (SSSR count). The van der Waals surface area contributed by atoms with Crippen LogP contribution in [0, 0.1) is 6.92 Å². The molecule has 1 aromatic carbocycles. The average Bonchev–Trinajstić information content (AvgIpc) is 2.66. The van der Waals surface area contributed by atoms with Crippen LogP contribution in [0.15, 0.2) is 24.3 Å². The van der Waals surface area contributed by atoms with Crippen LogP contribution in [0.2, 0.25) is 0 Å². The number of benzene rings is 1. The molecule has 0 fully saturated rings. The molecule has 0 bridgehead atoms. The first-order valence-corrected chi connectivity index (χ1v) is 4.72. The molecule has 78 valence electrons. The Morgan fingerprint density at radius 2 is 2.20 bits per heavy atom. The summed E-state index contributed by atoms with van der Waals surface area (Å²) >= 11 is 0. The summed E-state index contributed by atoms with van der Waals surface area (Å²) in [6.45, 7) is 3.60. The number of aromatic nitrogens is 4. The van der Waals surface area contributed by atoms with Crippen molar-refractivity contribution in [2.45, 2.75) is 20.0 Å².